The van der Waals surface area contributed by atoms with Gasteiger partial charge in [0.25, 0.3) is 0 Å². The second kappa shape index (κ2) is 13.4. The molecule has 1 saturated carbocycles. The molecule has 3 rings (SSSR count). The van der Waals surface area contributed by atoms with Gasteiger partial charge in [0.05, 0.1) is 5.75 Å². The third-order valence-electron chi connectivity index (χ3n) is 6.57. The van der Waals surface area contributed by atoms with Gasteiger partial charge in [0.1, 0.15) is 6.04 Å². The SMILES string of the molecule is CC[C@H](C(=O)NC1CCCCC1)N(CCc1ccccc1)C(=O)CSCc1ccccc1C. The summed E-state index contributed by atoms with van der Waals surface area (Å²) in [4.78, 5) is 28.4. The van der Waals surface area contributed by atoms with Crippen LogP contribution in [0.4, 0.5) is 0 Å². The van der Waals surface area contributed by atoms with Gasteiger partial charge in [-0.2, -0.15) is 0 Å². The van der Waals surface area contributed by atoms with Crippen LogP contribution in [-0.4, -0.2) is 41.1 Å². The molecule has 0 aromatic heterocycles. The van der Waals surface area contributed by atoms with Gasteiger partial charge in [-0.15, -0.1) is 11.8 Å². The fourth-order valence-corrected chi connectivity index (χ4v) is 5.53. The average Bonchev–Trinajstić information content (AvgIpc) is 2.84. The van der Waals surface area contributed by atoms with E-state index in [0.717, 1.165) is 25.0 Å². The normalized spacial score (nSPS) is 15.1. The third kappa shape index (κ3) is 7.92. The standard InChI is InChI=1S/C28H38N2O2S/c1-3-26(28(32)29-25-16-8-5-9-17-25)30(19-18-23-13-6-4-7-14-23)27(31)21-33-20-24-15-11-10-12-22(24)2/h4,6-7,10-15,25-26H,3,5,8-9,16-21H2,1-2H3,(H,29,32)/t26-/m1/s1. The highest BCUT2D eigenvalue weighted by Crippen LogP contribution is 2.20. The molecule has 0 spiro atoms. The molecule has 1 fully saturated rings. The molecule has 2 aromatic rings. The molecule has 2 amide bonds. The van der Waals surface area contributed by atoms with E-state index >= 15 is 0 Å². The first-order chi connectivity index (χ1) is 16.1. The maximum Gasteiger partial charge on any atom is 0.243 e. The van der Waals surface area contributed by atoms with E-state index in [0.29, 0.717) is 18.7 Å². The van der Waals surface area contributed by atoms with Crippen LogP contribution >= 0.6 is 11.8 Å². The lowest BCUT2D eigenvalue weighted by atomic mass is 9.95. The Morgan fingerprint density at radius 3 is 2.42 bits per heavy atom. The molecule has 4 nitrogen and oxygen atoms in total. The number of nitrogens with one attached hydrogen (secondary N) is 1. The molecule has 1 N–H and O–H groups in total. The van der Waals surface area contributed by atoms with Gasteiger partial charge in [0.2, 0.25) is 11.8 Å². The second-order valence-corrected chi connectivity index (χ2v) is 10.00. The largest absolute Gasteiger partial charge is 0.352 e. The second-order valence-electron chi connectivity index (χ2n) is 9.01. The fraction of sp³-hybridized carbons (Fsp3) is 0.500. The van der Waals surface area contributed by atoms with Crippen molar-refractivity contribution in [2.45, 2.75) is 76.6 Å². The number of benzene rings is 2. The van der Waals surface area contributed by atoms with Crippen molar-refractivity contribution in [3.63, 3.8) is 0 Å². The molecule has 33 heavy (non-hydrogen) atoms. The lowest BCUT2D eigenvalue weighted by Gasteiger charge is -2.32. The van der Waals surface area contributed by atoms with Gasteiger partial charge in [0, 0.05) is 18.3 Å². The molecule has 0 heterocycles. The highest BCUT2D eigenvalue weighted by atomic mass is 32.2. The third-order valence-corrected chi connectivity index (χ3v) is 7.53. The Balaban J connectivity index is 1.65. The smallest absolute Gasteiger partial charge is 0.243 e. The highest BCUT2D eigenvalue weighted by molar-refractivity contribution is 7.99. The number of carbonyl (C=O) groups is 2. The van der Waals surface area contributed by atoms with Crippen LogP contribution in [0.15, 0.2) is 54.6 Å². The molecular formula is C28H38N2O2S. The fourth-order valence-electron chi connectivity index (χ4n) is 4.54. The number of aryl methyl sites for hydroxylation is 1. The van der Waals surface area contributed by atoms with Crippen LogP contribution in [0.1, 0.15) is 62.1 Å². The van der Waals surface area contributed by atoms with E-state index in [9.17, 15) is 9.59 Å². The zero-order valence-electron chi connectivity index (χ0n) is 20.1. The first-order valence-corrected chi connectivity index (χ1v) is 13.5. The highest BCUT2D eigenvalue weighted by Gasteiger charge is 2.29. The summed E-state index contributed by atoms with van der Waals surface area (Å²) in [7, 11) is 0. The maximum absolute atomic E-state index is 13.4. The summed E-state index contributed by atoms with van der Waals surface area (Å²) in [5.41, 5.74) is 3.69. The number of nitrogens with zero attached hydrogens (tertiary/aromatic N) is 1. The van der Waals surface area contributed by atoms with E-state index in [1.54, 1.807) is 11.8 Å². The summed E-state index contributed by atoms with van der Waals surface area (Å²) in [6.45, 7) is 4.67. The number of thioether (sulfide) groups is 1. The van der Waals surface area contributed by atoms with Gasteiger partial charge < -0.3 is 10.2 Å². The van der Waals surface area contributed by atoms with Crippen LogP contribution in [0.25, 0.3) is 0 Å². The summed E-state index contributed by atoms with van der Waals surface area (Å²) in [6.07, 6.45) is 7.08. The van der Waals surface area contributed by atoms with Crippen LogP contribution in [0.2, 0.25) is 0 Å². The van der Waals surface area contributed by atoms with E-state index in [-0.39, 0.29) is 17.9 Å². The molecule has 2 aromatic carbocycles. The van der Waals surface area contributed by atoms with Crippen LogP contribution in [-0.2, 0) is 21.8 Å². The van der Waals surface area contributed by atoms with E-state index in [1.807, 2.05) is 42.2 Å². The van der Waals surface area contributed by atoms with Crippen molar-refractivity contribution in [3.8, 4) is 0 Å². The van der Waals surface area contributed by atoms with Crippen LogP contribution in [0.5, 0.6) is 0 Å². The molecule has 178 valence electrons. The Morgan fingerprint density at radius 1 is 1.03 bits per heavy atom. The van der Waals surface area contributed by atoms with Crippen LogP contribution < -0.4 is 5.32 Å². The molecule has 0 radical (unpaired) electrons. The summed E-state index contributed by atoms with van der Waals surface area (Å²) in [5, 5.41) is 3.25. The predicted molar refractivity (Wildman–Crippen MR) is 138 cm³/mol. The summed E-state index contributed by atoms with van der Waals surface area (Å²) in [5.74, 6) is 1.25. The minimum atomic E-state index is -0.415. The number of hydrogen-bond donors (Lipinski definition) is 1. The zero-order chi connectivity index (χ0) is 23.5. The molecule has 0 unspecified atom stereocenters. The topological polar surface area (TPSA) is 49.4 Å². The van der Waals surface area contributed by atoms with Gasteiger partial charge in [-0.05, 0) is 49.3 Å². The van der Waals surface area contributed by atoms with Crippen LogP contribution in [0.3, 0.4) is 0 Å². The zero-order valence-corrected chi connectivity index (χ0v) is 20.9. The maximum atomic E-state index is 13.4. The van der Waals surface area contributed by atoms with Crippen molar-refractivity contribution in [2.24, 2.45) is 0 Å². The van der Waals surface area contributed by atoms with Crippen molar-refractivity contribution in [1.82, 2.24) is 10.2 Å². The summed E-state index contributed by atoms with van der Waals surface area (Å²) in [6, 6.07) is 18.3. The van der Waals surface area contributed by atoms with Crippen molar-refractivity contribution in [2.75, 3.05) is 12.3 Å². The average molecular weight is 467 g/mol. The van der Waals surface area contributed by atoms with Crippen molar-refractivity contribution in [3.05, 3.63) is 71.3 Å². The number of amides is 2. The Labute approximate surface area is 203 Å². The minimum Gasteiger partial charge on any atom is -0.352 e. The summed E-state index contributed by atoms with van der Waals surface area (Å²) < 4.78 is 0. The first-order valence-electron chi connectivity index (χ1n) is 12.3. The van der Waals surface area contributed by atoms with Gasteiger partial charge >= 0.3 is 0 Å². The number of hydrogen-bond acceptors (Lipinski definition) is 3. The molecule has 1 aliphatic carbocycles. The van der Waals surface area contributed by atoms with E-state index in [4.69, 9.17) is 0 Å². The van der Waals surface area contributed by atoms with E-state index in [2.05, 4.69) is 36.5 Å². The van der Waals surface area contributed by atoms with Gasteiger partial charge in [-0.25, -0.2) is 0 Å². The van der Waals surface area contributed by atoms with E-state index in [1.165, 1.54) is 36.0 Å². The van der Waals surface area contributed by atoms with Crippen molar-refractivity contribution < 1.29 is 9.59 Å². The van der Waals surface area contributed by atoms with Gasteiger partial charge in [-0.1, -0.05) is 80.8 Å². The molecular weight excluding hydrogens is 428 g/mol. The van der Waals surface area contributed by atoms with Crippen molar-refractivity contribution >= 4 is 23.6 Å². The Bertz CT molecular complexity index is 880. The Kier molecular flexibility index (Phi) is 10.3. The lowest BCUT2D eigenvalue weighted by Crippen LogP contribution is -2.52. The Morgan fingerprint density at radius 2 is 1.73 bits per heavy atom. The van der Waals surface area contributed by atoms with Crippen LogP contribution in [0, 0.1) is 6.92 Å². The predicted octanol–water partition coefficient (Wildman–Crippen LogP) is 5.53. The quantitative estimate of drug-likeness (QED) is 0.474. The lowest BCUT2D eigenvalue weighted by molar-refractivity contribution is -0.139. The first kappa shape index (κ1) is 25.4. The number of carbonyl (C=O) groups excluding carboxylic acids is 2. The molecule has 0 bridgehead atoms. The number of rotatable bonds is 11. The van der Waals surface area contributed by atoms with Crippen molar-refractivity contribution in [1.29, 1.82) is 0 Å². The van der Waals surface area contributed by atoms with Gasteiger partial charge in [0.15, 0.2) is 0 Å². The summed E-state index contributed by atoms with van der Waals surface area (Å²) >= 11 is 1.63. The Hall–Kier alpha value is -2.27. The monoisotopic (exact) mass is 466 g/mol. The minimum absolute atomic E-state index is 0.00900. The van der Waals surface area contributed by atoms with Gasteiger partial charge in [-0.3, -0.25) is 9.59 Å². The molecule has 0 aliphatic heterocycles. The van der Waals surface area contributed by atoms with E-state index < -0.39 is 6.04 Å². The molecule has 1 atom stereocenters. The molecule has 0 saturated heterocycles. The molecule has 5 heteroatoms. The molecule has 1 aliphatic rings.